The fourth-order valence-corrected chi connectivity index (χ4v) is 2.50. The van der Waals surface area contributed by atoms with E-state index in [0.29, 0.717) is 19.6 Å². The van der Waals surface area contributed by atoms with E-state index < -0.39 is 12.7 Å². The number of hydrogen-bond acceptors (Lipinski definition) is 3. The van der Waals surface area contributed by atoms with Gasteiger partial charge >= 0.3 is 6.18 Å². The Morgan fingerprint density at radius 1 is 1.00 bits per heavy atom. The van der Waals surface area contributed by atoms with Crippen LogP contribution in [0.15, 0.2) is 24.5 Å². The molecular formula is C14H20F3N3. The maximum absolute atomic E-state index is 12.4. The van der Waals surface area contributed by atoms with Crippen LogP contribution in [0, 0.1) is 0 Å². The van der Waals surface area contributed by atoms with Gasteiger partial charge in [0.15, 0.2) is 0 Å². The zero-order valence-corrected chi connectivity index (χ0v) is 11.4. The number of hydrogen-bond donors (Lipinski definition) is 0. The summed E-state index contributed by atoms with van der Waals surface area (Å²) in [6.07, 6.45) is 1.16. The van der Waals surface area contributed by atoms with Gasteiger partial charge in [-0.25, -0.2) is 0 Å². The van der Waals surface area contributed by atoms with Crippen LogP contribution in [0.25, 0.3) is 0 Å². The van der Waals surface area contributed by atoms with E-state index in [-0.39, 0.29) is 0 Å². The second-order valence-electron chi connectivity index (χ2n) is 5.19. The van der Waals surface area contributed by atoms with E-state index in [2.05, 4.69) is 9.88 Å². The molecule has 0 unspecified atom stereocenters. The van der Waals surface area contributed by atoms with E-state index in [1.54, 1.807) is 12.4 Å². The molecule has 1 aliphatic heterocycles. The summed E-state index contributed by atoms with van der Waals surface area (Å²) in [6.45, 7) is 2.72. The van der Waals surface area contributed by atoms with Gasteiger partial charge in [-0.15, -0.1) is 0 Å². The Balaban J connectivity index is 1.75. The molecule has 0 atom stereocenters. The minimum Gasteiger partial charge on any atom is -0.302 e. The van der Waals surface area contributed by atoms with Gasteiger partial charge in [-0.2, -0.15) is 13.2 Å². The highest BCUT2D eigenvalue weighted by molar-refractivity contribution is 5.09. The fourth-order valence-electron chi connectivity index (χ4n) is 2.50. The summed E-state index contributed by atoms with van der Waals surface area (Å²) >= 11 is 0. The van der Waals surface area contributed by atoms with Crippen molar-refractivity contribution in [3.8, 4) is 0 Å². The van der Waals surface area contributed by atoms with Gasteiger partial charge in [-0.3, -0.25) is 9.88 Å². The number of alkyl halides is 3. The zero-order valence-electron chi connectivity index (χ0n) is 11.4. The van der Waals surface area contributed by atoms with E-state index >= 15 is 0 Å². The Kier molecular flexibility index (Phi) is 5.37. The number of aromatic nitrogens is 1. The van der Waals surface area contributed by atoms with Gasteiger partial charge in [0.1, 0.15) is 0 Å². The number of pyridine rings is 1. The molecular weight excluding hydrogens is 267 g/mol. The maximum Gasteiger partial charge on any atom is 0.401 e. The molecule has 3 nitrogen and oxygen atoms in total. The summed E-state index contributed by atoms with van der Waals surface area (Å²) in [5, 5.41) is 0. The summed E-state index contributed by atoms with van der Waals surface area (Å²) < 4.78 is 37.1. The van der Waals surface area contributed by atoms with Gasteiger partial charge in [0.25, 0.3) is 0 Å². The third kappa shape index (κ3) is 5.46. The lowest BCUT2D eigenvalue weighted by Gasteiger charge is -2.22. The third-order valence-electron chi connectivity index (χ3n) is 3.55. The van der Waals surface area contributed by atoms with Crippen LogP contribution in [-0.4, -0.2) is 60.2 Å². The molecule has 0 amide bonds. The van der Waals surface area contributed by atoms with Crippen LogP contribution in [0.1, 0.15) is 12.0 Å². The second-order valence-corrected chi connectivity index (χ2v) is 5.19. The first-order chi connectivity index (χ1) is 9.53. The summed E-state index contributed by atoms with van der Waals surface area (Å²) in [6, 6.07) is 3.96. The van der Waals surface area contributed by atoms with Crippen LogP contribution in [-0.2, 0) is 6.42 Å². The number of rotatable bonds is 4. The largest absolute Gasteiger partial charge is 0.401 e. The van der Waals surface area contributed by atoms with E-state index in [1.165, 1.54) is 10.5 Å². The minimum absolute atomic E-state index is 0.496. The van der Waals surface area contributed by atoms with Crippen LogP contribution in [0.2, 0.25) is 0 Å². The predicted octanol–water partition coefficient (Wildman–Crippen LogP) is 2.19. The first-order valence-corrected chi connectivity index (χ1v) is 6.93. The van der Waals surface area contributed by atoms with E-state index in [0.717, 1.165) is 25.9 Å². The number of halogens is 3. The van der Waals surface area contributed by atoms with Crippen molar-refractivity contribution >= 4 is 0 Å². The van der Waals surface area contributed by atoms with Crippen LogP contribution >= 0.6 is 0 Å². The average Bonchev–Trinajstić information content (AvgIpc) is 2.61. The lowest BCUT2D eigenvalue weighted by Crippen LogP contribution is -2.37. The van der Waals surface area contributed by atoms with Crippen molar-refractivity contribution in [2.24, 2.45) is 0 Å². The van der Waals surface area contributed by atoms with Crippen molar-refractivity contribution in [1.82, 2.24) is 14.8 Å². The summed E-state index contributed by atoms with van der Waals surface area (Å²) in [4.78, 5) is 7.73. The highest BCUT2D eigenvalue weighted by Crippen LogP contribution is 2.17. The Morgan fingerprint density at radius 2 is 1.65 bits per heavy atom. The Hall–Kier alpha value is -1.14. The van der Waals surface area contributed by atoms with Crippen molar-refractivity contribution in [3.63, 3.8) is 0 Å². The van der Waals surface area contributed by atoms with Gasteiger partial charge < -0.3 is 4.90 Å². The van der Waals surface area contributed by atoms with Gasteiger partial charge in [0.2, 0.25) is 0 Å². The Morgan fingerprint density at radius 3 is 2.35 bits per heavy atom. The molecule has 1 aromatic rings. The standard InChI is InChI=1S/C14H20F3N3/c15-14(16,17)12-20-8-1-7-19(10-11-20)9-4-13-2-5-18-6-3-13/h2-3,5-6H,1,4,7-12H2. The van der Waals surface area contributed by atoms with Crippen molar-refractivity contribution < 1.29 is 13.2 Å². The van der Waals surface area contributed by atoms with E-state index in [1.807, 2.05) is 12.1 Å². The molecule has 0 N–H and O–H groups in total. The van der Waals surface area contributed by atoms with Gasteiger partial charge in [0.05, 0.1) is 6.54 Å². The topological polar surface area (TPSA) is 19.4 Å². The lowest BCUT2D eigenvalue weighted by molar-refractivity contribution is -0.145. The van der Waals surface area contributed by atoms with Crippen molar-refractivity contribution in [2.75, 3.05) is 39.3 Å². The fraction of sp³-hybridized carbons (Fsp3) is 0.643. The molecule has 0 bridgehead atoms. The highest BCUT2D eigenvalue weighted by atomic mass is 19.4. The molecule has 0 aromatic carbocycles. The molecule has 0 aliphatic carbocycles. The third-order valence-corrected chi connectivity index (χ3v) is 3.55. The number of nitrogens with zero attached hydrogens (tertiary/aromatic N) is 3. The molecule has 0 radical (unpaired) electrons. The quantitative estimate of drug-likeness (QED) is 0.846. The molecule has 1 fully saturated rings. The summed E-state index contributed by atoms with van der Waals surface area (Å²) in [5.74, 6) is 0. The molecule has 1 aromatic heterocycles. The van der Waals surface area contributed by atoms with Gasteiger partial charge in [-0.1, -0.05) is 0 Å². The molecule has 2 rings (SSSR count). The first kappa shape index (κ1) is 15.3. The lowest BCUT2D eigenvalue weighted by atomic mass is 10.2. The normalized spacial score (nSPS) is 18.9. The van der Waals surface area contributed by atoms with E-state index in [9.17, 15) is 13.2 Å². The monoisotopic (exact) mass is 287 g/mol. The second kappa shape index (κ2) is 7.04. The van der Waals surface area contributed by atoms with Crippen molar-refractivity contribution in [3.05, 3.63) is 30.1 Å². The summed E-state index contributed by atoms with van der Waals surface area (Å²) in [7, 11) is 0. The Labute approximate surface area is 117 Å². The predicted molar refractivity (Wildman–Crippen MR) is 71.5 cm³/mol. The van der Waals surface area contributed by atoms with Gasteiger partial charge in [0, 0.05) is 32.0 Å². The van der Waals surface area contributed by atoms with Crippen LogP contribution < -0.4 is 0 Å². The van der Waals surface area contributed by atoms with Crippen molar-refractivity contribution in [1.29, 1.82) is 0 Å². The molecule has 1 aliphatic rings. The molecule has 112 valence electrons. The average molecular weight is 287 g/mol. The first-order valence-electron chi connectivity index (χ1n) is 6.93. The maximum atomic E-state index is 12.4. The molecule has 2 heterocycles. The molecule has 20 heavy (non-hydrogen) atoms. The van der Waals surface area contributed by atoms with Gasteiger partial charge in [-0.05, 0) is 43.6 Å². The smallest absolute Gasteiger partial charge is 0.302 e. The summed E-state index contributed by atoms with van der Waals surface area (Å²) in [5.41, 5.74) is 1.22. The molecule has 0 spiro atoms. The SMILES string of the molecule is FC(F)(F)CN1CCCN(CCc2ccncc2)CC1. The highest BCUT2D eigenvalue weighted by Gasteiger charge is 2.31. The molecule has 1 saturated heterocycles. The Bertz CT molecular complexity index is 394. The zero-order chi connectivity index (χ0) is 14.4. The van der Waals surface area contributed by atoms with Crippen LogP contribution in [0.4, 0.5) is 13.2 Å². The van der Waals surface area contributed by atoms with E-state index in [4.69, 9.17) is 0 Å². The minimum atomic E-state index is -4.09. The van der Waals surface area contributed by atoms with Crippen LogP contribution in [0.5, 0.6) is 0 Å². The molecule has 0 saturated carbocycles. The van der Waals surface area contributed by atoms with Crippen LogP contribution in [0.3, 0.4) is 0 Å². The van der Waals surface area contributed by atoms with Crippen molar-refractivity contribution in [2.45, 2.75) is 19.0 Å². The molecule has 6 heteroatoms.